The number of imidazole rings is 1. The first-order valence-electron chi connectivity index (χ1n) is 9.33. The molecule has 5 nitrogen and oxygen atoms in total. The third-order valence-corrected chi connectivity index (χ3v) is 5.27. The first-order valence-corrected chi connectivity index (χ1v) is 9.71. The van der Waals surface area contributed by atoms with Crippen LogP contribution in [-0.2, 0) is 17.7 Å². The molecule has 0 spiro atoms. The molecule has 0 aliphatic carbocycles. The number of halogens is 1. The van der Waals surface area contributed by atoms with E-state index in [4.69, 9.17) is 26.1 Å². The minimum Gasteiger partial charge on any atom is -0.497 e. The molecule has 1 atom stereocenters. The minimum atomic E-state index is 0.242. The summed E-state index contributed by atoms with van der Waals surface area (Å²) in [5.41, 5.74) is 3.69. The fraction of sp³-hybridized carbons (Fsp3) is 0.429. The Kier molecular flexibility index (Phi) is 6.34. The van der Waals surface area contributed by atoms with E-state index in [1.54, 1.807) is 14.2 Å². The number of aromatic nitrogens is 3. The Morgan fingerprint density at radius 3 is 2.59 bits per heavy atom. The van der Waals surface area contributed by atoms with Crippen LogP contribution in [0.4, 0.5) is 0 Å². The molecule has 0 aliphatic heterocycles. The van der Waals surface area contributed by atoms with Crippen LogP contribution in [0.25, 0.3) is 22.3 Å². The summed E-state index contributed by atoms with van der Waals surface area (Å²) in [6, 6.07) is 7.68. The first kappa shape index (κ1) is 19.6. The predicted molar refractivity (Wildman–Crippen MR) is 110 cm³/mol. The summed E-state index contributed by atoms with van der Waals surface area (Å²) in [5, 5.41) is 0.639. The second-order valence-corrected chi connectivity index (χ2v) is 6.87. The lowest BCUT2D eigenvalue weighted by Gasteiger charge is -2.14. The maximum Gasteiger partial charge on any atom is 0.160 e. The molecule has 0 amide bonds. The van der Waals surface area contributed by atoms with Crippen LogP contribution in [0.3, 0.4) is 0 Å². The zero-order valence-electron chi connectivity index (χ0n) is 16.3. The minimum absolute atomic E-state index is 0.242. The quantitative estimate of drug-likeness (QED) is 0.537. The van der Waals surface area contributed by atoms with Gasteiger partial charge in [-0.2, -0.15) is 0 Å². The van der Waals surface area contributed by atoms with Crippen LogP contribution in [0, 0.1) is 0 Å². The number of hydrogen-bond acceptors (Lipinski definition) is 4. The van der Waals surface area contributed by atoms with Crippen molar-refractivity contribution in [3.05, 3.63) is 41.3 Å². The number of aryl methyl sites for hydroxylation is 2. The average molecular weight is 388 g/mol. The van der Waals surface area contributed by atoms with Crippen LogP contribution in [0.15, 0.2) is 30.5 Å². The maximum absolute atomic E-state index is 6.51. The van der Waals surface area contributed by atoms with Crippen molar-refractivity contribution in [2.75, 3.05) is 14.2 Å². The van der Waals surface area contributed by atoms with E-state index in [0.717, 1.165) is 59.7 Å². The van der Waals surface area contributed by atoms with Crippen molar-refractivity contribution >= 4 is 22.8 Å². The molecule has 3 aromatic rings. The van der Waals surface area contributed by atoms with Gasteiger partial charge in [-0.05, 0) is 37.1 Å². The van der Waals surface area contributed by atoms with Crippen molar-refractivity contribution in [2.24, 2.45) is 0 Å². The van der Waals surface area contributed by atoms with E-state index in [0.29, 0.717) is 5.02 Å². The smallest absolute Gasteiger partial charge is 0.160 e. The lowest BCUT2D eigenvalue weighted by atomic mass is 10.1. The monoisotopic (exact) mass is 387 g/mol. The number of pyridine rings is 1. The number of methoxy groups -OCH3 is 2. The molecule has 0 aliphatic rings. The molecular weight excluding hydrogens is 362 g/mol. The van der Waals surface area contributed by atoms with Gasteiger partial charge >= 0.3 is 0 Å². The zero-order chi connectivity index (χ0) is 19.4. The fourth-order valence-electron chi connectivity index (χ4n) is 3.39. The van der Waals surface area contributed by atoms with E-state index in [1.165, 1.54) is 0 Å². The Balaban J connectivity index is 2.07. The Hall–Kier alpha value is -2.11. The molecule has 1 unspecified atom stereocenters. The molecule has 0 saturated carbocycles. The van der Waals surface area contributed by atoms with Gasteiger partial charge in [0.05, 0.1) is 18.2 Å². The highest BCUT2D eigenvalue weighted by molar-refractivity contribution is 6.33. The molecule has 6 heteroatoms. The van der Waals surface area contributed by atoms with E-state index < -0.39 is 0 Å². The molecule has 0 saturated heterocycles. The van der Waals surface area contributed by atoms with Crippen molar-refractivity contribution in [1.82, 2.24) is 14.5 Å². The summed E-state index contributed by atoms with van der Waals surface area (Å²) in [6.07, 6.45) is 4.83. The van der Waals surface area contributed by atoms with Crippen LogP contribution < -0.4 is 4.74 Å². The van der Waals surface area contributed by atoms with Crippen LogP contribution in [0.5, 0.6) is 5.75 Å². The number of benzene rings is 1. The first-order chi connectivity index (χ1) is 13.1. The Bertz CT molecular complexity index is 919. The second kappa shape index (κ2) is 8.72. The third kappa shape index (κ3) is 3.94. The molecule has 0 bridgehead atoms. The Morgan fingerprint density at radius 2 is 1.96 bits per heavy atom. The average Bonchev–Trinajstić information content (AvgIpc) is 3.06. The summed E-state index contributed by atoms with van der Waals surface area (Å²) in [6.45, 7) is 5.09. The van der Waals surface area contributed by atoms with Crippen LogP contribution >= 0.6 is 11.6 Å². The summed E-state index contributed by atoms with van der Waals surface area (Å²) < 4.78 is 13.0. The lowest BCUT2D eigenvalue weighted by Crippen LogP contribution is -2.14. The van der Waals surface area contributed by atoms with Gasteiger partial charge in [-0.1, -0.05) is 25.4 Å². The van der Waals surface area contributed by atoms with E-state index in [9.17, 15) is 0 Å². The van der Waals surface area contributed by atoms with Gasteiger partial charge in [-0.3, -0.25) is 0 Å². The van der Waals surface area contributed by atoms with E-state index in [-0.39, 0.29) is 6.10 Å². The van der Waals surface area contributed by atoms with Crippen molar-refractivity contribution in [3.8, 4) is 16.9 Å². The molecule has 2 heterocycles. The molecule has 144 valence electrons. The van der Waals surface area contributed by atoms with Crippen LogP contribution in [0.2, 0.25) is 5.02 Å². The van der Waals surface area contributed by atoms with Gasteiger partial charge < -0.3 is 14.0 Å². The predicted octanol–water partition coefficient (Wildman–Crippen LogP) is 5.14. The Labute approximate surface area is 165 Å². The van der Waals surface area contributed by atoms with Gasteiger partial charge in [0.2, 0.25) is 0 Å². The van der Waals surface area contributed by atoms with Gasteiger partial charge in [0.25, 0.3) is 0 Å². The second-order valence-electron chi connectivity index (χ2n) is 6.46. The number of ether oxygens (including phenoxy) is 2. The van der Waals surface area contributed by atoms with Gasteiger partial charge in [-0.15, -0.1) is 0 Å². The molecule has 3 rings (SSSR count). The molecule has 0 fully saturated rings. The highest BCUT2D eigenvalue weighted by Gasteiger charge is 2.17. The topological polar surface area (TPSA) is 49.2 Å². The molecule has 2 aromatic heterocycles. The standard InChI is InChI=1S/C21H26ClN3O2/c1-5-14(26-3)10-12-25-19(6-2)24-20-17(9-11-23-21(20)25)16-8-7-15(27-4)13-18(16)22/h7-9,11,13-14H,5-6,10,12H2,1-4H3. The normalized spacial score (nSPS) is 12.5. The lowest BCUT2D eigenvalue weighted by molar-refractivity contribution is 0.0883. The van der Waals surface area contributed by atoms with Crippen molar-refractivity contribution in [3.63, 3.8) is 0 Å². The van der Waals surface area contributed by atoms with Crippen LogP contribution in [0.1, 0.15) is 32.5 Å². The zero-order valence-corrected chi connectivity index (χ0v) is 17.1. The van der Waals surface area contributed by atoms with Crippen molar-refractivity contribution < 1.29 is 9.47 Å². The summed E-state index contributed by atoms with van der Waals surface area (Å²) in [7, 11) is 3.40. The van der Waals surface area contributed by atoms with E-state index in [1.807, 2.05) is 30.5 Å². The molecular formula is C21H26ClN3O2. The van der Waals surface area contributed by atoms with Gasteiger partial charge in [0.1, 0.15) is 17.1 Å². The van der Waals surface area contributed by atoms with Gasteiger partial charge in [0, 0.05) is 37.4 Å². The summed E-state index contributed by atoms with van der Waals surface area (Å²) in [5.74, 6) is 1.76. The van der Waals surface area contributed by atoms with E-state index in [2.05, 4.69) is 23.4 Å². The van der Waals surface area contributed by atoms with Gasteiger partial charge in [0.15, 0.2) is 5.65 Å². The SMILES string of the molecule is CCc1nc2c(-c3ccc(OC)cc3Cl)ccnc2n1CCC(CC)OC. The van der Waals surface area contributed by atoms with Crippen LogP contribution in [-0.4, -0.2) is 34.9 Å². The number of nitrogens with zero attached hydrogens (tertiary/aromatic N) is 3. The van der Waals surface area contributed by atoms with Gasteiger partial charge in [-0.25, -0.2) is 9.97 Å². The molecule has 0 radical (unpaired) electrons. The highest BCUT2D eigenvalue weighted by Crippen LogP contribution is 2.35. The molecule has 1 aromatic carbocycles. The fourth-order valence-corrected chi connectivity index (χ4v) is 3.66. The molecule has 27 heavy (non-hydrogen) atoms. The number of rotatable bonds is 8. The highest BCUT2D eigenvalue weighted by atomic mass is 35.5. The number of hydrogen-bond donors (Lipinski definition) is 0. The van der Waals surface area contributed by atoms with Crippen molar-refractivity contribution in [2.45, 2.75) is 45.8 Å². The largest absolute Gasteiger partial charge is 0.497 e. The number of fused-ring (bicyclic) bond motifs is 1. The summed E-state index contributed by atoms with van der Waals surface area (Å²) in [4.78, 5) is 9.51. The van der Waals surface area contributed by atoms with E-state index >= 15 is 0 Å². The Morgan fingerprint density at radius 1 is 1.15 bits per heavy atom. The third-order valence-electron chi connectivity index (χ3n) is 4.96. The summed E-state index contributed by atoms with van der Waals surface area (Å²) >= 11 is 6.51. The maximum atomic E-state index is 6.51. The molecule has 0 N–H and O–H groups in total. The van der Waals surface area contributed by atoms with Crippen molar-refractivity contribution in [1.29, 1.82) is 0 Å².